The molecule has 0 aliphatic carbocycles. The van der Waals surface area contributed by atoms with Crippen LogP contribution in [0.3, 0.4) is 0 Å². The maximum atomic E-state index is 6.31. The fourth-order valence-electron chi connectivity index (χ4n) is 3.16. The van der Waals surface area contributed by atoms with E-state index in [2.05, 4.69) is 49.8 Å². The molecule has 1 atom stereocenters. The first-order chi connectivity index (χ1) is 9.49. The third kappa shape index (κ3) is 2.05. The maximum Gasteiger partial charge on any atom is 0.0486 e. The van der Waals surface area contributed by atoms with Crippen molar-refractivity contribution in [2.24, 2.45) is 18.7 Å². The summed E-state index contributed by atoms with van der Waals surface area (Å²) in [4.78, 5) is 0. The van der Waals surface area contributed by atoms with Crippen molar-refractivity contribution >= 4 is 10.9 Å². The van der Waals surface area contributed by atoms with Crippen LogP contribution in [0.1, 0.15) is 36.2 Å². The second-order valence-corrected chi connectivity index (χ2v) is 6.48. The Morgan fingerprint density at radius 3 is 2.55 bits per heavy atom. The molecule has 0 saturated carbocycles. The fraction of sp³-hybridized carbons (Fsp3) is 0.529. The molecule has 0 bridgehead atoms. The predicted molar refractivity (Wildman–Crippen MR) is 84.7 cm³/mol. The van der Waals surface area contributed by atoms with Gasteiger partial charge in [0.15, 0.2) is 0 Å². The largest absolute Gasteiger partial charge is 0.348 e. The molecular formula is C17H25N3. The van der Waals surface area contributed by atoms with E-state index in [9.17, 15) is 0 Å². The zero-order valence-corrected chi connectivity index (χ0v) is 13.0. The van der Waals surface area contributed by atoms with Gasteiger partial charge in [0.1, 0.15) is 0 Å². The van der Waals surface area contributed by atoms with Gasteiger partial charge in [0, 0.05) is 42.8 Å². The van der Waals surface area contributed by atoms with E-state index in [1.165, 1.54) is 33.3 Å². The van der Waals surface area contributed by atoms with E-state index in [1.807, 2.05) is 0 Å². The molecule has 0 saturated heterocycles. The maximum absolute atomic E-state index is 6.31. The molecule has 1 unspecified atom stereocenters. The molecule has 0 spiro atoms. The minimum absolute atomic E-state index is 0.227. The molecule has 1 aromatic heterocycles. The lowest BCUT2D eigenvalue weighted by Gasteiger charge is -2.16. The molecule has 0 fully saturated rings. The highest BCUT2D eigenvalue weighted by molar-refractivity contribution is 5.87. The van der Waals surface area contributed by atoms with Crippen molar-refractivity contribution in [3.05, 3.63) is 34.5 Å². The lowest BCUT2D eigenvalue weighted by molar-refractivity contribution is 0.490. The molecule has 1 aromatic carbocycles. The monoisotopic (exact) mass is 271 g/mol. The van der Waals surface area contributed by atoms with Gasteiger partial charge in [-0.2, -0.15) is 0 Å². The molecule has 2 heterocycles. The van der Waals surface area contributed by atoms with Gasteiger partial charge < -0.3 is 15.6 Å². The van der Waals surface area contributed by atoms with E-state index < -0.39 is 0 Å². The summed E-state index contributed by atoms with van der Waals surface area (Å²) in [5.41, 5.74) is 13.3. The summed E-state index contributed by atoms with van der Waals surface area (Å²) in [7, 11) is 2.16. The molecule has 3 heteroatoms. The summed E-state index contributed by atoms with van der Waals surface area (Å²) in [6.45, 7) is 8.61. The number of nitrogens with one attached hydrogen (secondary N) is 1. The third-order valence-corrected chi connectivity index (χ3v) is 4.87. The Morgan fingerprint density at radius 2 is 1.90 bits per heavy atom. The number of benzene rings is 1. The van der Waals surface area contributed by atoms with Gasteiger partial charge in [-0.05, 0) is 48.1 Å². The van der Waals surface area contributed by atoms with Crippen molar-refractivity contribution in [3.8, 4) is 0 Å². The van der Waals surface area contributed by atoms with Crippen molar-refractivity contribution in [3.63, 3.8) is 0 Å². The van der Waals surface area contributed by atoms with Crippen LogP contribution in [0.5, 0.6) is 0 Å². The van der Waals surface area contributed by atoms with Gasteiger partial charge in [0.05, 0.1) is 0 Å². The van der Waals surface area contributed by atoms with Gasteiger partial charge in [0.2, 0.25) is 0 Å². The third-order valence-electron chi connectivity index (χ3n) is 4.87. The average molecular weight is 271 g/mol. The lowest BCUT2D eigenvalue weighted by Crippen LogP contribution is -2.29. The summed E-state index contributed by atoms with van der Waals surface area (Å²) < 4.78 is 2.32. The minimum atomic E-state index is 0.227. The average Bonchev–Trinajstić information content (AvgIpc) is 2.95. The molecule has 0 radical (unpaired) electrons. The fourth-order valence-corrected chi connectivity index (χ4v) is 3.16. The van der Waals surface area contributed by atoms with Crippen molar-refractivity contribution in [1.29, 1.82) is 0 Å². The number of aryl methyl sites for hydroxylation is 1. The summed E-state index contributed by atoms with van der Waals surface area (Å²) in [5.74, 6) is 0.515. The SMILES string of the molecule is Cc1c(CC(N)C(C)C)c2cc3c(cc2n1C)CNC3. The highest BCUT2D eigenvalue weighted by atomic mass is 15.0. The Balaban J connectivity index is 2.14. The van der Waals surface area contributed by atoms with Crippen LogP contribution in [-0.4, -0.2) is 10.6 Å². The predicted octanol–water partition coefficient (Wildman–Crippen LogP) is 2.62. The second kappa shape index (κ2) is 4.90. The minimum Gasteiger partial charge on any atom is -0.348 e. The zero-order chi connectivity index (χ0) is 14.4. The van der Waals surface area contributed by atoms with Gasteiger partial charge in [-0.25, -0.2) is 0 Å². The molecule has 1 aliphatic heterocycles. The van der Waals surface area contributed by atoms with E-state index in [4.69, 9.17) is 5.73 Å². The topological polar surface area (TPSA) is 43.0 Å². The van der Waals surface area contributed by atoms with Gasteiger partial charge in [-0.15, -0.1) is 0 Å². The molecule has 108 valence electrons. The highest BCUT2D eigenvalue weighted by Gasteiger charge is 2.19. The Bertz CT molecular complexity index is 652. The van der Waals surface area contributed by atoms with E-state index in [1.54, 1.807) is 0 Å². The number of nitrogens with zero attached hydrogens (tertiary/aromatic N) is 1. The van der Waals surface area contributed by atoms with E-state index in [0.29, 0.717) is 5.92 Å². The van der Waals surface area contributed by atoms with Gasteiger partial charge in [-0.3, -0.25) is 0 Å². The van der Waals surface area contributed by atoms with E-state index in [0.717, 1.165) is 19.5 Å². The Kier molecular flexibility index (Phi) is 3.35. The first kappa shape index (κ1) is 13.7. The van der Waals surface area contributed by atoms with E-state index in [-0.39, 0.29) is 6.04 Å². The van der Waals surface area contributed by atoms with Crippen LogP contribution in [0.4, 0.5) is 0 Å². The zero-order valence-electron chi connectivity index (χ0n) is 13.0. The first-order valence-corrected chi connectivity index (χ1v) is 7.55. The summed E-state index contributed by atoms with van der Waals surface area (Å²) >= 11 is 0. The first-order valence-electron chi connectivity index (χ1n) is 7.55. The smallest absolute Gasteiger partial charge is 0.0486 e. The standard InChI is InChI=1S/C17H25N3/c1-10(2)16(18)7-14-11(3)20(4)17-6-13-9-19-8-12(13)5-15(14)17/h5-6,10,16,19H,7-9,18H2,1-4H3. The lowest BCUT2D eigenvalue weighted by atomic mass is 9.95. The molecule has 2 aromatic rings. The number of hydrogen-bond acceptors (Lipinski definition) is 2. The van der Waals surface area contributed by atoms with Gasteiger partial charge >= 0.3 is 0 Å². The van der Waals surface area contributed by atoms with Crippen molar-refractivity contribution in [1.82, 2.24) is 9.88 Å². The summed E-state index contributed by atoms with van der Waals surface area (Å²) in [5, 5.41) is 4.82. The van der Waals surface area contributed by atoms with Crippen LogP contribution in [0.15, 0.2) is 12.1 Å². The van der Waals surface area contributed by atoms with Gasteiger partial charge in [0.25, 0.3) is 0 Å². The number of rotatable bonds is 3. The molecule has 3 rings (SSSR count). The quantitative estimate of drug-likeness (QED) is 0.901. The van der Waals surface area contributed by atoms with Crippen molar-refractivity contribution in [2.45, 2.75) is 46.3 Å². The molecule has 1 aliphatic rings. The van der Waals surface area contributed by atoms with Gasteiger partial charge in [-0.1, -0.05) is 13.8 Å². The van der Waals surface area contributed by atoms with Crippen molar-refractivity contribution in [2.75, 3.05) is 0 Å². The van der Waals surface area contributed by atoms with E-state index >= 15 is 0 Å². The van der Waals surface area contributed by atoms with Crippen LogP contribution in [0.2, 0.25) is 0 Å². The highest BCUT2D eigenvalue weighted by Crippen LogP contribution is 2.31. The molecule has 20 heavy (non-hydrogen) atoms. The molecule has 3 nitrogen and oxygen atoms in total. The number of nitrogens with two attached hydrogens (primary N) is 1. The van der Waals surface area contributed by atoms with Crippen LogP contribution in [-0.2, 0) is 26.6 Å². The number of hydrogen-bond donors (Lipinski definition) is 2. The summed E-state index contributed by atoms with van der Waals surface area (Å²) in [6, 6.07) is 4.95. The number of fused-ring (bicyclic) bond motifs is 2. The van der Waals surface area contributed by atoms with Crippen LogP contribution in [0.25, 0.3) is 10.9 Å². The molecule has 0 amide bonds. The Morgan fingerprint density at radius 1 is 1.25 bits per heavy atom. The Labute approximate surface area is 121 Å². The van der Waals surface area contributed by atoms with Crippen LogP contribution < -0.4 is 11.1 Å². The van der Waals surface area contributed by atoms with Crippen LogP contribution >= 0.6 is 0 Å². The second-order valence-electron chi connectivity index (χ2n) is 6.48. The van der Waals surface area contributed by atoms with Crippen molar-refractivity contribution < 1.29 is 0 Å². The van der Waals surface area contributed by atoms with Crippen LogP contribution in [0, 0.1) is 12.8 Å². The summed E-state index contributed by atoms with van der Waals surface area (Å²) in [6.07, 6.45) is 0.965. The molecular weight excluding hydrogens is 246 g/mol. The number of aromatic nitrogens is 1. The Hall–Kier alpha value is -1.32. The normalized spacial score (nSPS) is 16.1. The molecule has 3 N–H and O–H groups in total.